The first-order valence-corrected chi connectivity index (χ1v) is 8.89. The zero-order chi connectivity index (χ0) is 17.2. The van der Waals surface area contributed by atoms with Crippen molar-refractivity contribution in [2.45, 2.75) is 32.2 Å². The minimum atomic E-state index is -0.223. The molecule has 1 aromatic carbocycles. The lowest BCUT2D eigenvalue weighted by molar-refractivity contribution is 0.0834. The Kier molecular flexibility index (Phi) is 4.87. The molecule has 2 atom stereocenters. The number of aromatic nitrogens is 1. The van der Waals surface area contributed by atoms with E-state index in [1.807, 2.05) is 31.2 Å². The number of hydrogen-bond acceptors (Lipinski definition) is 5. The van der Waals surface area contributed by atoms with Gasteiger partial charge in [-0.1, -0.05) is 13.3 Å². The van der Waals surface area contributed by atoms with Gasteiger partial charge in [-0.15, -0.1) is 11.3 Å². The molecule has 3 rings (SSSR count). The number of hydrogen-bond donors (Lipinski definition) is 2. The van der Waals surface area contributed by atoms with Crippen molar-refractivity contribution in [1.29, 1.82) is 0 Å². The number of amides is 1. The minimum absolute atomic E-state index is 0.0153. The maximum Gasteiger partial charge on any atom is 0.263 e. The van der Waals surface area contributed by atoms with Crippen LogP contribution in [0.3, 0.4) is 0 Å². The van der Waals surface area contributed by atoms with Crippen LogP contribution in [0.25, 0.3) is 10.6 Å². The highest BCUT2D eigenvalue weighted by atomic mass is 32.1. The van der Waals surface area contributed by atoms with Crippen LogP contribution < -0.4 is 10.1 Å². The van der Waals surface area contributed by atoms with Gasteiger partial charge in [0.2, 0.25) is 0 Å². The van der Waals surface area contributed by atoms with E-state index in [1.54, 1.807) is 13.3 Å². The van der Waals surface area contributed by atoms with Crippen molar-refractivity contribution in [3.05, 3.63) is 35.3 Å². The number of aliphatic hydroxyl groups is 1. The lowest BCUT2D eigenvalue weighted by Crippen LogP contribution is -2.44. The molecule has 24 heavy (non-hydrogen) atoms. The molecular formula is C18H22N2O3S. The molecular weight excluding hydrogens is 324 g/mol. The van der Waals surface area contributed by atoms with E-state index in [2.05, 4.69) is 10.3 Å². The summed E-state index contributed by atoms with van der Waals surface area (Å²) in [6, 6.07) is 7.63. The van der Waals surface area contributed by atoms with Gasteiger partial charge in [0, 0.05) is 17.0 Å². The molecule has 2 aromatic rings. The molecule has 5 nitrogen and oxygen atoms in total. The molecule has 1 heterocycles. The Morgan fingerprint density at radius 2 is 2.21 bits per heavy atom. The maximum atomic E-state index is 12.5. The van der Waals surface area contributed by atoms with Crippen molar-refractivity contribution in [3.63, 3.8) is 0 Å². The number of methoxy groups -OCH3 is 1. The second-order valence-electron chi connectivity index (χ2n) is 6.49. The summed E-state index contributed by atoms with van der Waals surface area (Å²) in [6.07, 6.45) is 4.49. The molecule has 2 N–H and O–H groups in total. The molecule has 0 spiro atoms. The molecule has 0 saturated heterocycles. The average Bonchev–Trinajstić information content (AvgIpc) is 3.23. The Bertz CT molecular complexity index is 713. The number of aliphatic hydroxyl groups excluding tert-OH is 1. The number of carbonyl (C=O) groups excluding carboxylic acids is 1. The van der Waals surface area contributed by atoms with Gasteiger partial charge in [-0.05, 0) is 37.1 Å². The molecule has 1 aromatic heterocycles. The smallest absolute Gasteiger partial charge is 0.263 e. The first-order valence-electron chi connectivity index (χ1n) is 8.08. The Hall–Kier alpha value is -1.92. The number of nitrogens with zero attached hydrogens (tertiary/aromatic N) is 1. The monoisotopic (exact) mass is 346 g/mol. The van der Waals surface area contributed by atoms with Crippen LogP contribution in [0, 0.1) is 5.41 Å². The van der Waals surface area contributed by atoms with Crippen LogP contribution in [0.2, 0.25) is 0 Å². The van der Waals surface area contributed by atoms with Gasteiger partial charge < -0.3 is 15.2 Å². The third-order valence-corrected chi connectivity index (χ3v) is 5.86. The predicted octanol–water partition coefficient (Wildman–Crippen LogP) is 3.10. The summed E-state index contributed by atoms with van der Waals surface area (Å²) in [5, 5.41) is 13.5. The molecule has 1 fully saturated rings. The Morgan fingerprint density at radius 3 is 2.88 bits per heavy atom. The Labute approximate surface area is 145 Å². The summed E-state index contributed by atoms with van der Waals surface area (Å²) in [7, 11) is 1.63. The number of benzene rings is 1. The first-order chi connectivity index (χ1) is 11.6. The molecule has 6 heteroatoms. The lowest BCUT2D eigenvalue weighted by Gasteiger charge is -2.29. The van der Waals surface area contributed by atoms with E-state index >= 15 is 0 Å². The normalized spacial score (nSPS) is 23.2. The number of carbonyl (C=O) groups is 1. The van der Waals surface area contributed by atoms with Gasteiger partial charge in [0.1, 0.15) is 15.6 Å². The summed E-state index contributed by atoms with van der Waals surface area (Å²) in [5.41, 5.74) is 0.736. The van der Waals surface area contributed by atoms with Crippen molar-refractivity contribution in [3.8, 4) is 16.3 Å². The minimum Gasteiger partial charge on any atom is -0.497 e. The van der Waals surface area contributed by atoms with Crippen LogP contribution in [0.4, 0.5) is 0 Å². The van der Waals surface area contributed by atoms with Crippen LogP contribution in [0.15, 0.2) is 30.5 Å². The molecule has 0 bridgehead atoms. The van der Waals surface area contributed by atoms with E-state index in [1.165, 1.54) is 11.3 Å². The number of ether oxygens (including phenoxy) is 1. The fourth-order valence-electron chi connectivity index (χ4n) is 3.14. The number of nitrogens with one attached hydrogen (secondary N) is 1. The van der Waals surface area contributed by atoms with E-state index in [0.29, 0.717) is 4.88 Å². The second kappa shape index (κ2) is 6.91. The SMILES string of the molecule is COc1ccc(-c2ncc(C(=O)NC3CCCC3(C)CO)s2)cc1. The van der Waals surface area contributed by atoms with Crippen LogP contribution in [-0.2, 0) is 0 Å². The molecule has 2 unspecified atom stereocenters. The lowest BCUT2D eigenvalue weighted by atomic mass is 9.86. The third kappa shape index (κ3) is 3.30. The number of thiazole rings is 1. The molecule has 0 radical (unpaired) electrons. The third-order valence-electron chi connectivity index (χ3n) is 4.81. The molecule has 1 amide bonds. The Balaban J connectivity index is 1.71. The van der Waals surface area contributed by atoms with Crippen LogP contribution >= 0.6 is 11.3 Å². The summed E-state index contributed by atoms with van der Waals surface area (Å²) in [6.45, 7) is 2.12. The largest absolute Gasteiger partial charge is 0.497 e. The summed E-state index contributed by atoms with van der Waals surface area (Å²) >= 11 is 1.37. The zero-order valence-electron chi connectivity index (χ0n) is 13.9. The van der Waals surface area contributed by atoms with E-state index in [9.17, 15) is 9.90 Å². The maximum absolute atomic E-state index is 12.5. The van der Waals surface area contributed by atoms with Gasteiger partial charge >= 0.3 is 0 Å². The van der Waals surface area contributed by atoms with Crippen molar-refractivity contribution in [2.24, 2.45) is 5.41 Å². The van der Waals surface area contributed by atoms with Gasteiger partial charge in [-0.2, -0.15) is 0 Å². The zero-order valence-corrected chi connectivity index (χ0v) is 14.7. The molecule has 1 aliphatic rings. The standard InChI is InChI=1S/C18H22N2O3S/c1-18(11-21)9-3-4-15(18)20-16(22)14-10-19-17(24-14)12-5-7-13(23-2)8-6-12/h5-8,10,15,21H,3-4,9,11H2,1-2H3,(H,20,22). The molecule has 1 aliphatic carbocycles. The highest BCUT2D eigenvalue weighted by Gasteiger charge is 2.39. The number of rotatable bonds is 5. The quantitative estimate of drug-likeness (QED) is 0.873. The van der Waals surface area contributed by atoms with Gasteiger partial charge in [-0.25, -0.2) is 4.98 Å². The van der Waals surface area contributed by atoms with E-state index in [4.69, 9.17) is 4.74 Å². The Morgan fingerprint density at radius 1 is 1.46 bits per heavy atom. The van der Waals surface area contributed by atoms with E-state index < -0.39 is 0 Å². The second-order valence-corrected chi connectivity index (χ2v) is 7.52. The van der Waals surface area contributed by atoms with Crippen molar-refractivity contribution >= 4 is 17.2 Å². The fourth-order valence-corrected chi connectivity index (χ4v) is 3.97. The van der Waals surface area contributed by atoms with Gasteiger partial charge in [0.15, 0.2) is 0 Å². The molecule has 1 saturated carbocycles. The molecule has 0 aliphatic heterocycles. The van der Waals surface area contributed by atoms with Crippen LogP contribution in [0.1, 0.15) is 35.9 Å². The van der Waals surface area contributed by atoms with Gasteiger partial charge in [0.25, 0.3) is 5.91 Å². The van der Waals surface area contributed by atoms with Gasteiger partial charge in [-0.3, -0.25) is 4.79 Å². The summed E-state index contributed by atoms with van der Waals surface area (Å²) < 4.78 is 5.15. The molecule has 128 valence electrons. The van der Waals surface area contributed by atoms with E-state index in [-0.39, 0.29) is 24.0 Å². The predicted molar refractivity (Wildman–Crippen MR) is 94.4 cm³/mol. The summed E-state index contributed by atoms with van der Waals surface area (Å²) in [5.74, 6) is 0.677. The summed E-state index contributed by atoms with van der Waals surface area (Å²) in [4.78, 5) is 17.5. The fraction of sp³-hybridized carbons (Fsp3) is 0.444. The highest BCUT2D eigenvalue weighted by molar-refractivity contribution is 7.16. The van der Waals surface area contributed by atoms with Gasteiger partial charge in [0.05, 0.1) is 19.9 Å². The van der Waals surface area contributed by atoms with Crippen LogP contribution in [-0.4, -0.2) is 35.8 Å². The van der Waals surface area contributed by atoms with Crippen molar-refractivity contribution in [2.75, 3.05) is 13.7 Å². The van der Waals surface area contributed by atoms with Crippen molar-refractivity contribution in [1.82, 2.24) is 10.3 Å². The topological polar surface area (TPSA) is 71.5 Å². The highest BCUT2D eigenvalue weighted by Crippen LogP contribution is 2.37. The average molecular weight is 346 g/mol. The van der Waals surface area contributed by atoms with Crippen molar-refractivity contribution < 1.29 is 14.6 Å². The van der Waals surface area contributed by atoms with E-state index in [0.717, 1.165) is 35.6 Å². The first kappa shape index (κ1) is 16.9. The van der Waals surface area contributed by atoms with Crippen LogP contribution in [0.5, 0.6) is 5.75 Å².